The van der Waals surface area contributed by atoms with Crippen LogP contribution in [0.25, 0.3) is 0 Å². The fourth-order valence-corrected chi connectivity index (χ4v) is 1.51. The van der Waals surface area contributed by atoms with Crippen molar-refractivity contribution in [1.29, 1.82) is 0 Å². The maximum Gasteiger partial charge on any atom is 0.460 e. The molecule has 0 aliphatic rings. The average Bonchev–Trinajstić information content (AvgIpc) is 2.47. The lowest BCUT2D eigenvalue weighted by atomic mass is 9.98. The van der Waals surface area contributed by atoms with Crippen molar-refractivity contribution in [2.24, 2.45) is 5.92 Å². The monoisotopic (exact) mass is 369 g/mol. The molecule has 0 aromatic carbocycles. The number of amides is 1. The highest BCUT2D eigenvalue weighted by Crippen LogP contribution is 2.46. The van der Waals surface area contributed by atoms with Crippen molar-refractivity contribution in [2.45, 2.75) is 57.7 Å². The summed E-state index contributed by atoms with van der Waals surface area (Å²) in [5.41, 5.74) is 0. The van der Waals surface area contributed by atoms with E-state index in [4.69, 9.17) is 0 Å². The van der Waals surface area contributed by atoms with Crippen LogP contribution in [0, 0.1) is 5.92 Å². The molecule has 0 fully saturated rings. The zero-order valence-electron chi connectivity index (χ0n) is 13.1. The average molecular weight is 369 g/mol. The summed E-state index contributed by atoms with van der Waals surface area (Å²) in [5.74, 6) is -17.6. The predicted molar refractivity (Wildman–Crippen MR) is 68.6 cm³/mol. The Kier molecular flexibility index (Phi) is 7.50. The minimum Gasteiger partial charge on any atom is -0.464 e. The van der Waals surface area contributed by atoms with Gasteiger partial charge in [0.15, 0.2) is 0 Å². The molecule has 142 valence electrons. The van der Waals surface area contributed by atoms with Crippen LogP contribution in [0.3, 0.4) is 0 Å². The number of halogens is 7. The lowest BCUT2D eigenvalue weighted by molar-refractivity contribution is -0.344. The molecule has 2 atom stereocenters. The highest BCUT2D eigenvalue weighted by Gasteiger charge is 2.76. The molecule has 1 N–H and O–H groups in total. The van der Waals surface area contributed by atoms with E-state index in [-0.39, 0.29) is 13.0 Å². The number of rotatable bonds is 8. The standard InChI is InChI=1S/C13H18F7NO3/c1-4-6-24-9(22)8(7(3)5-2)21-10(23)11(14,15)12(16,17)13(18,19)20/h7-8H,4-6H2,1-3H3,(H,21,23)/t7-,8-/m1/s1. The van der Waals surface area contributed by atoms with Crippen LogP contribution >= 0.6 is 0 Å². The Morgan fingerprint density at radius 1 is 1.04 bits per heavy atom. The Labute approximate surface area is 133 Å². The molecule has 11 heteroatoms. The topological polar surface area (TPSA) is 55.4 Å². The predicted octanol–water partition coefficient (Wildman–Crippen LogP) is 3.30. The van der Waals surface area contributed by atoms with E-state index in [1.807, 2.05) is 0 Å². The normalized spacial score (nSPS) is 15.6. The zero-order valence-corrected chi connectivity index (χ0v) is 13.1. The minimum atomic E-state index is -6.64. The molecule has 0 saturated carbocycles. The van der Waals surface area contributed by atoms with E-state index in [2.05, 4.69) is 4.74 Å². The van der Waals surface area contributed by atoms with E-state index < -0.39 is 41.9 Å². The lowest BCUT2D eigenvalue weighted by Gasteiger charge is -2.29. The summed E-state index contributed by atoms with van der Waals surface area (Å²) in [5, 5.41) is 1.25. The van der Waals surface area contributed by atoms with Gasteiger partial charge in [-0.25, -0.2) is 4.79 Å². The Morgan fingerprint density at radius 3 is 1.92 bits per heavy atom. The lowest BCUT2D eigenvalue weighted by Crippen LogP contribution is -2.62. The highest BCUT2D eigenvalue weighted by atomic mass is 19.4. The van der Waals surface area contributed by atoms with Crippen LogP contribution in [-0.2, 0) is 14.3 Å². The fourth-order valence-electron chi connectivity index (χ4n) is 1.51. The molecule has 0 heterocycles. The number of alkyl halides is 7. The van der Waals surface area contributed by atoms with Crippen molar-refractivity contribution in [3.05, 3.63) is 0 Å². The molecule has 0 saturated heterocycles. The summed E-state index contributed by atoms with van der Waals surface area (Å²) in [6, 6.07) is -1.77. The molecule has 4 nitrogen and oxygen atoms in total. The maximum atomic E-state index is 13.3. The Hall–Kier alpha value is -1.55. The van der Waals surface area contributed by atoms with E-state index >= 15 is 0 Å². The first-order valence-electron chi connectivity index (χ1n) is 7.03. The summed E-state index contributed by atoms with van der Waals surface area (Å²) >= 11 is 0. The second kappa shape index (κ2) is 8.02. The first kappa shape index (κ1) is 22.4. The molecular weight excluding hydrogens is 351 g/mol. The van der Waals surface area contributed by atoms with Crippen molar-refractivity contribution in [3.63, 3.8) is 0 Å². The SMILES string of the molecule is CCCOC(=O)[C@H](NC(=O)C(F)(F)C(F)(F)C(F)(F)F)[C@H](C)CC. The van der Waals surface area contributed by atoms with E-state index in [0.29, 0.717) is 6.42 Å². The van der Waals surface area contributed by atoms with Crippen LogP contribution < -0.4 is 5.32 Å². The highest BCUT2D eigenvalue weighted by molar-refractivity contribution is 5.89. The zero-order chi connectivity index (χ0) is 19.3. The number of ether oxygens (including phenoxy) is 1. The minimum absolute atomic E-state index is 0.128. The molecule has 24 heavy (non-hydrogen) atoms. The smallest absolute Gasteiger partial charge is 0.460 e. The van der Waals surface area contributed by atoms with E-state index in [0.717, 1.165) is 0 Å². The fraction of sp³-hybridized carbons (Fsp3) is 0.846. The third kappa shape index (κ3) is 4.73. The molecule has 0 unspecified atom stereocenters. The van der Waals surface area contributed by atoms with Gasteiger partial charge in [0.25, 0.3) is 5.91 Å². The van der Waals surface area contributed by atoms with Crippen LogP contribution in [0.15, 0.2) is 0 Å². The largest absolute Gasteiger partial charge is 0.464 e. The first-order chi connectivity index (χ1) is 10.7. The van der Waals surface area contributed by atoms with Crippen molar-refractivity contribution < 1.29 is 45.1 Å². The number of hydrogen-bond donors (Lipinski definition) is 1. The van der Waals surface area contributed by atoms with Gasteiger partial charge >= 0.3 is 24.0 Å². The number of carbonyl (C=O) groups is 2. The van der Waals surface area contributed by atoms with Gasteiger partial charge in [-0.05, 0) is 12.3 Å². The maximum absolute atomic E-state index is 13.3. The molecule has 0 bridgehead atoms. The Balaban J connectivity index is 5.41. The van der Waals surface area contributed by atoms with Crippen LogP contribution in [0.5, 0.6) is 0 Å². The van der Waals surface area contributed by atoms with Crippen LogP contribution in [0.2, 0.25) is 0 Å². The molecule has 1 amide bonds. The molecule has 0 rings (SSSR count). The van der Waals surface area contributed by atoms with Crippen LogP contribution in [0.4, 0.5) is 30.7 Å². The third-order valence-corrected chi connectivity index (χ3v) is 3.24. The third-order valence-electron chi connectivity index (χ3n) is 3.24. The van der Waals surface area contributed by atoms with Crippen molar-refractivity contribution >= 4 is 11.9 Å². The molecular formula is C13H18F7NO3. The second-order valence-electron chi connectivity index (χ2n) is 5.15. The summed E-state index contributed by atoms with van der Waals surface area (Å²) in [6.45, 7) is 4.30. The van der Waals surface area contributed by atoms with Gasteiger partial charge in [-0.1, -0.05) is 27.2 Å². The van der Waals surface area contributed by atoms with Gasteiger partial charge in [0.05, 0.1) is 6.61 Å². The van der Waals surface area contributed by atoms with Gasteiger partial charge in [0.2, 0.25) is 0 Å². The van der Waals surface area contributed by atoms with Crippen molar-refractivity contribution in [2.75, 3.05) is 6.61 Å². The van der Waals surface area contributed by atoms with Crippen molar-refractivity contribution in [3.8, 4) is 0 Å². The van der Waals surface area contributed by atoms with Crippen LogP contribution in [-0.4, -0.2) is 42.5 Å². The van der Waals surface area contributed by atoms with Gasteiger partial charge < -0.3 is 10.1 Å². The van der Waals surface area contributed by atoms with Crippen LogP contribution in [0.1, 0.15) is 33.6 Å². The van der Waals surface area contributed by atoms with E-state index in [1.54, 1.807) is 6.92 Å². The van der Waals surface area contributed by atoms with Gasteiger partial charge in [0.1, 0.15) is 6.04 Å². The molecule has 0 aromatic heterocycles. The Morgan fingerprint density at radius 2 is 1.54 bits per heavy atom. The number of carbonyl (C=O) groups excluding carboxylic acids is 2. The van der Waals surface area contributed by atoms with E-state index in [9.17, 15) is 40.3 Å². The molecule has 0 aromatic rings. The molecule has 0 radical (unpaired) electrons. The molecule has 0 aliphatic carbocycles. The van der Waals surface area contributed by atoms with Gasteiger partial charge in [-0.15, -0.1) is 0 Å². The van der Waals surface area contributed by atoms with Gasteiger partial charge in [-0.2, -0.15) is 30.7 Å². The summed E-state index contributed by atoms with van der Waals surface area (Å²) in [4.78, 5) is 23.0. The second-order valence-corrected chi connectivity index (χ2v) is 5.15. The first-order valence-corrected chi connectivity index (χ1v) is 7.03. The summed E-state index contributed by atoms with van der Waals surface area (Å²) < 4.78 is 93.1. The van der Waals surface area contributed by atoms with Gasteiger partial charge in [-0.3, -0.25) is 4.79 Å². The molecule has 0 spiro atoms. The summed E-state index contributed by atoms with van der Waals surface area (Å²) in [7, 11) is 0. The van der Waals surface area contributed by atoms with Crippen molar-refractivity contribution in [1.82, 2.24) is 5.32 Å². The Bertz CT molecular complexity index is 451. The number of esters is 1. The van der Waals surface area contributed by atoms with Gasteiger partial charge in [0, 0.05) is 0 Å². The number of hydrogen-bond acceptors (Lipinski definition) is 3. The quantitative estimate of drug-likeness (QED) is 0.528. The summed E-state index contributed by atoms with van der Waals surface area (Å²) in [6.07, 6.45) is -6.13. The number of nitrogens with one attached hydrogen (secondary N) is 1. The van der Waals surface area contributed by atoms with E-state index in [1.165, 1.54) is 19.2 Å². The molecule has 0 aliphatic heterocycles.